The van der Waals surface area contributed by atoms with E-state index in [1.807, 2.05) is 6.92 Å². The number of aromatic nitrogens is 2. The normalized spacial score (nSPS) is 15.4. The molecule has 3 rings (SSSR count). The smallest absolute Gasteiger partial charge is 0.257 e. The maximum Gasteiger partial charge on any atom is 0.257 e. The molecule has 1 aliphatic carbocycles. The topological polar surface area (TPSA) is 58.4 Å². The van der Waals surface area contributed by atoms with Crippen molar-refractivity contribution in [2.75, 3.05) is 13.6 Å². The first kappa shape index (κ1) is 16.6. The van der Waals surface area contributed by atoms with Crippen LogP contribution in [0.25, 0.3) is 5.69 Å². The Morgan fingerprint density at radius 2 is 2.00 bits per heavy atom. The summed E-state index contributed by atoms with van der Waals surface area (Å²) in [6.45, 7) is 3.93. The van der Waals surface area contributed by atoms with E-state index in [2.05, 4.69) is 5.10 Å². The minimum atomic E-state index is -0.466. The van der Waals surface area contributed by atoms with E-state index in [1.165, 1.54) is 12.1 Å². The third kappa shape index (κ3) is 3.19. The summed E-state index contributed by atoms with van der Waals surface area (Å²) >= 11 is 0. The van der Waals surface area contributed by atoms with Gasteiger partial charge in [-0.15, -0.1) is 0 Å². The lowest BCUT2D eigenvalue weighted by Crippen LogP contribution is -2.35. The number of aliphatic hydroxyl groups excluding tert-OH is 1. The van der Waals surface area contributed by atoms with Crippen LogP contribution in [0.2, 0.25) is 0 Å². The summed E-state index contributed by atoms with van der Waals surface area (Å²) in [5, 5.41) is 14.5. The molecule has 24 heavy (non-hydrogen) atoms. The number of nitrogens with zero attached hydrogens (tertiary/aromatic N) is 3. The lowest BCUT2D eigenvalue weighted by molar-refractivity contribution is 0.0644. The largest absolute Gasteiger partial charge is 0.391 e. The molecule has 1 aromatic carbocycles. The molecule has 0 bridgehead atoms. The molecule has 1 saturated carbocycles. The molecule has 0 aliphatic heterocycles. The van der Waals surface area contributed by atoms with Crippen molar-refractivity contribution in [3.05, 3.63) is 47.0 Å². The Hall–Kier alpha value is -2.21. The van der Waals surface area contributed by atoms with Crippen molar-refractivity contribution in [1.29, 1.82) is 0 Å². The molecule has 1 heterocycles. The number of amides is 1. The number of benzene rings is 1. The number of aryl methyl sites for hydroxylation is 1. The highest BCUT2D eigenvalue weighted by molar-refractivity contribution is 5.96. The van der Waals surface area contributed by atoms with Gasteiger partial charge in [-0.1, -0.05) is 0 Å². The number of likely N-dealkylation sites (N-methyl/N-ethyl adjacent to an activating group) is 1. The molecule has 0 radical (unpaired) electrons. The van der Waals surface area contributed by atoms with Crippen molar-refractivity contribution in [2.24, 2.45) is 5.92 Å². The van der Waals surface area contributed by atoms with Crippen molar-refractivity contribution in [1.82, 2.24) is 14.7 Å². The Kier molecular flexibility index (Phi) is 4.41. The quantitative estimate of drug-likeness (QED) is 0.916. The predicted molar refractivity (Wildman–Crippen MR) is 88.7 cm³/mol. The van der Waals surface area contributed by atoms with Crippen LogP contribution in [0.5, 0.6) is 0 Å². The zero-order valence-electron chi connectivity index (χ0n) is 14.2. The molecule has 1 aliphatic rings. The zero-order chi connectivity index (χ0) is 17.4. The molecular formula is C18H22FN3O2. The minimum absolute atomic E-state index is 0.155. The average molecular weight is 331 g/mol. The molecule has 6 heteroatoms. The van der Waals surface area contributed by atoms with Crippen molar-refractivity contribution in [3.63, 3.8) is 0 Å². The molecule has 1 atom stereocenters. The maximum atomic E-state index is 13.1. The lowest BCUT2D eigenvalue weighted by atomic mass is 10.1. The van der Waals surface area contributed by atoms with Gasteiger partial charge >= 0.3 is 0 Å². The van der Waals surface area contributed by atoms with E-state index in [0.29, 0.717) is 35.1 Å². The second kappa shape index (κ2) is 6.36. The molecule has 1 amide bonds. The van der Waals surface area contributed by atoms with Gasteiger partial charge in [0.15, 0.2) is 0 Å². The molecule has 0 spiro atoms. The molecule has 1 fully saturated rings. The number of hydrogen-bond donors (Lipinski definition) is 1. The Balaban J connectivity index is 1.85. The van der Waals surface area contributed by atoms with Gasteiger partial charge in [-0.05, 0) is 56.9 Å². The third-order valence-electron chi connectivity index (χ3n) is 4.55. The van der Waals surface area contributed by atoms with Gasteiger partial charge in [0.05, 0.1) is 28.7 Å². The summed E-state index contributed by atoms with van der Waals surface area (Å²) < 4.78 is 14.7. The number of aliphatic hydroxyl groups is 1. The predicted octanol–water partition coefficient (Wildman–Crippen LogP) is 2.47. The zero-order valence-corrected chi connectivity index (χ0v) is 14.2. The van der Waals surface area contributed by atoms with Crippen LogP contribution in [0.3, 0.4) is 0 Å². The van der Waals surface area contributed by atoms with Crippen LogP contribution in [0.15, 0.2) is 24.3 Å². The fourth-order valence-electron chi connectivity index (χ4n) is 2.97. The van der Waals surface area contributed by atoms with Crippen LogP contribution in [0.4, 0.5) is 4.39 Å². The van der Waals surface area contributed by atoms with Gasteiger partial charge in [0, 0.05) is 13.6 Å². The first-order valence-corrected chi connectivity index (χ1v) is 8.14. The molecule has 2 aromatic rings. The number of hydrogen-bond acceptors (Lipinski definition) is 3. The standard InChI is InChI=1S/C18H22FN3O2/c1-11-17(18(24)21(3)10-16(23)13-4-5-13)12(2)22(20-11)15-8-6-14(19)7-9-15/h6-9,13,16,23H,4-5,10H2,1-3H3. The monoisotopic (exact) mass is 331 g/mol. The van der Waals surface area contributed by atoms with Gasteiger partial charge in [0.25, 0.3) is 5.91 Å². The summed E-state index contributed by atoms with van der Waals surface area (Å²) in [5.74, 6) is -0.146. The van der Waals surface area contributed by atoms with E-state index >= 15 is 0 Å². The number of carbonyl (C=O) groups is 1. The Bertz CT molecular complexity index is 750. The van der Waals surface area contributed by atoms with Crippen LogP contribution in [0.1, 0.15) is 34.6 Å². The lowest BCUT2D eigenvalue weighted by Gasteiger charge is -2.21. The average Bonchev–Trinajstić information content (AvgIpc) is 3.34. The number of carbonyl (C=O) groups excluding carboxylic acids is 1. The molecule has 1 unspecified atom stereocenters. The van der Waals surface area contributed by atoms with E-state index in [9.17, 15) is 14.3 Å². The Morgan fingerprint density at radius 1 is 1.38 bits per heavy atom. The SMILES string of the molecule is Cc1nn(-c2ccc(F)cc2)c(C)c1C(=O)N(C)CC(O)C1CC1. The van der Waals surface area contributed by atoms with Gasteiger partial charge < -0.3 is 10.0 Å². The summed E-state index contributed by atoms with van der Waals surface area (Å²) in [5.41, 5.74) is 2.56. The molecule has 128 valence electrons. The van der Waals surface area contributed by atoms with Crippen LogP contribution in [-0.4, -0.2) is 45.4 Å². The van der Waals surface area contributed by atoms with E-state index in [1.54, 1.807) is 35.7 Å². The second-order valence-corrected chi connectivity index (χ2v) is 6.52. The highest BCUT2D eigenvalue weighted by Gasteiger charge is 2.32. The highest BCUT2D eigenvalue weighted by Crippen LogP contribution is 2.33. The van der Waals surface area contributed by atoms with Gasteiger partial charge in [0.1, 0.15) is 5.82 Å². The Morgan fingerprint density at radius 3 is 2.58 bits per heavy atom. The summed E-state index contributed by atoms with van der Waals surface area (Å²) in [6, 6.07) is 5.99. The van der Waals surface area contributed by atoms with Gasteiger partial charge in [-0.25, -0.2) is 9.07 Å². The second-order valence-electron chi connectivity index (χ2n) is 6.52. The van der Waals surface area contributed by atoms with E-state index in [4.69, 9.17) is 0 Å². The third-order valence-corrected chi connectivity index (χ3v) is 4.55. The molecular weight excluding hydrogens is 309 g/mol. The molecule has 1 N–H and O–H groups in total. The van der Waals surface area contributed by atoms with Gasteiger partial charge in [0.2, 0.25) is 0 Å². The summed E-state index contributed by atoms with van der Waals surface area (Å²) in [7, 11) is 1.70. The van der Waals surface area contributed by atoms with Crippen LogP contribution < -0.4 is 0 Å². The summed E-state index contributed by atoms with van der Waals surface area (Å²) in [4.78, 5) is 14.3. The highest BCUT2D eigenvalue weighted by atomic mass is 19.1. The van der Waals surface area contributed by atoms with Crippen molar-refractivity contribution in [3.8, 4) is 5.69 Å². The van der Waals surface area contributed by atoms with E-state index in [-0.39, 0.29) is 11.7 Å². The van der Waals surface area contributed by atoms with Gasteiger partial charge in [-0.2, -0.15) is 5.10 Å². The van der Waals surface area contributed by atoms with Crippen LogP contribution in [-0.2, 0) is 0 Å². The molecule has 1 aromatic heterocycles. The first-order valence-electron chi connectivity index (χ1n) is 8.14. The van der Waals surface area contributed by atoms with Gasteiger partial charge in [-0.3, -0.25) is 4.79 Å². The first-order chi connectivity index (χ1) is 11.4. The molecule has 0 saturated heterocycles. The summed E-state index contributed by atoms with van der Waals surface area (Å²) in [6.07, 6.45) is 1.60. The maximum absolute atomic E-state index is 13.1. The van der Waals surface area contributed by atoms with E-state index < -0.39 is 6.10 Å². The van der Waals surface area contributed by atoms with Crippen molar-refractivity contribution >= 4 is 5.91 Å². The van der Waals surface area contributed by atoms with Crippen molar-refractivity contribution in [2.45, 2.75) is 32.8 Å². The number of rotatable bonds is 5. The Labute approximate surface area is 140 Å². The fourth-order valence-corrected chi connectivity index (χ4v) is 2.97. The molecule has 5 nitrogen and oxygen atoms in total. The fraction of sp³-hybridized carbons (Fsp3) is 0.444. The van der Waals surface area contributed by atoms with Crippen LogP contribution >= 0.6 is 0 Å². The number of halogens is 1. The van der Waals surface area contributed by atoms with Crippen LogP contribution in [0, 0.1) is 25.6 Å². The van der Waals surface area contributed by atoms with Crippen molar-refractivity contribution < 1.29 is 14.3 Å². The minimum Gasteiger partial charge on any atom is -0.391 e. The van der Waals surface area contributed by atoms with E-state index in [0.717, 1.165) is 12.8 Å².